The molecule has 1 saturated heterocycles. The van der Waals surface area contributed by atoms with Crippen LogP contribution in [0.15, 0.2) is 0 Å². The molecule has 1 N–H and O–H groups in total. The largest absolute Gasteiger partial charge is 0.349 e. The van der Waals surface area contributed by atoms with Gasteiger partial charge in [0, 0.05) is 12.6 Å². The first kappa shape index (κ1) is 12.2. The quantitative estimate of drug-likeness (QED) is 0.847. The Labute approximate surface area is 103 Å². The minimum absolute atomic E-state index is 0.457. The van der Waals surface area contributed by atoms with E-state index in [4.69, 9.17) is 0 Å². The molecule has 0 aliphatic carbocycles. The predicted octanol–water partition coefficient (Wildman–Crippen LogP) is 1.11. The molecule has 5 heteroatoms. The van der Waals surface area contributed by atoms with Crippen LogP contribution in [0.5, 0.6) is 0 Å². The van der Waals surface area contributed by atoms with Crippen molar-refractivity contribution in [2.24, 2.45) is 0 Å². The molecule has 0 aromatic carbocycles. The highest BCUT2D eigenvalue weighted by Crippen LogP contribution is 2.12. The van der Waals surface area contributed by atoms with Gasteiger partial charge in [-0.25, -0.2) is 4.98 Å². The third-order valence-corrected chi connectivity index (χ3v) is 3.23. The number of likely N-dealkylation sites (N-methyl/N-ethyl adjacent to an activating group) is 1. The number of aromatic nitrogens is 3. The lowest BCUT2D eigenvalue weighted by Crippen LogP contribution is -2.25. The summed E-state index contributed by atoms with van der Waals surface area (Å²) in [4.78, 5) is 6.86. The van der Waals surface area contributed by atoms with Gasteiger partial charge in [0.2, 0.25) is 5.95 Å². The number of rotatable bonds is 4. The number of hydrogen-bond acceptors (Lipinski definition) is 5. The minimum atomic E-state index is 0.457. The first-order valence-electron chi connectivity index (χ1n) is 6.40. The molecule has 1 unspecified atom stereocenters. The van der Waals surface area contributed by atoms with Gasteiger partial charge in [0.05, 0.1) is 11.4 Å². The highest BCUT2D eigenvalue weighted by atomic mass is 15.3. The van der Waals surface area contributed by atoms with Crippen LogP contribution in [0, 0.1) is 0 Å². The van der Waals surface area contributed by atoms with E-state index in [0.29, 0.717) is 12.0 Å². The molecular weight excluding hydrogens is 214 g/mol. The van der Waals surface area contributed by atoms with E-state index in [0.717, 1.165) is 43.7 Å². The highest BCUT2D eigenvalue weighted by Gasteiger charge is 2.20. The Bertz CT molecular complexity index is 379. The number of anilines is 1. The third-order valence-electron chi connectivity index (χ3n) is 3.23. The van der Waals surface area contributed by atoms with Crippen LogP contribution in [0.1, 0.15) is 31.7 Å². The number of likely N-dealkylation sites (tertiary alicyclic amines) is 1. The average molecular weight is 235 g/mol. The molecule has 1 aromatic rings. The van der Waals surface area contributed by atoms with Crippen LogP contribution < -0.4 is 5.32 Å². The van der Waals surface area contributed by atoms with Crippen LogP contribution >= 0.6 is 0 Å². The van der Waals surface area contributed by atoms with Crippen molar-refractivity contribution in [1.29, 1.82) is 0 Å². The summed E-state index contributed by atoms with van der Waals surface area (Å²) in [5.41, 5.74) is 2.08. The Hall–Kier alpha value is -1.23. The summed E-state index contributed by atoms with van der Waals surface area (Å²) in [6.07, 6.45) is 2.96. The molecule has 0 bridgehead atoms. The fraction of sp³-hybridized carbons (Fsp3) is 0.750. The normalized spacial score (nSPS) is 20.8. The summed E-state index contributed by atoms with van der Waals surface area (Å²) in [5, 5.41) is 11.8. The second-order valence-electron chi connectivity index (χ2n) is 4.63. The van der Waals surface area contributed by atoms with Crippen LogP contribution in [0.2, 0.25) is 0 Å². The number of nitrogens with one attached hydrogen (secondary N) is 1. The molecule has 17 heavy (non-hydrogen) atoms. The molecule has 1 aliphatic rings. The molecule has 0 spiro atoms. The van der Waals surface area contributed by atoms with E-state index >= 15 is 0 Å². The Balaban J connectivity index is 2.06. The maximum Gasteiger partial charge on any atom is 0.243 e. The van der Waals surface area contributed by atoms with Crippen molar-refractivity contribution in [3.63, 3.8) is 0 Å². The zero-order valence-corrected chi connectivity index (χ0v) is 10.9. The molecule has 2 heterocycles. The Kier molecular flexibility index (Phi) is 3.89. The molecule has 0 amide bonds. The molecule has 0 saturated carbocycles. The maximum absolute atomic E-state index is 4.55. The number of hydrogen-bond donors (Lipinski definition) is 1. The molecule has 0 radical (unpaired) electrons. The summed E-state index contributed by atoms with van der Waals surface area (Å²) in [6, 6.07) is 0.457. The first-order valence-corrected chi connectivity index (χ1v) is 6.40. The van der Waals surface area contributed by atoms with E-state index in [1.54, 1.807) is 0 Å². The second kappa shape index (κ2) is 5.40. The molecule has 1 aromatic heterocycles. The summed E-state index contributed by atoms with van der Waals surface area (Å²) in [6.45, 7) is 6.39. The lowest BCUT2D eigenvalue weighted by atomic mass is 10.2. The third kappa shape index (κ3) is 2.91. The van der Waals surface area contributed by atoms with Crippen molar-refractivity contribution in [2.45, 2.75) is 39.2 Å². The zero-order valence-electron chi connectivity index (χ0n) is 10.9. The van der Waals surface area contributed by atoms with E-state index < -0.39 is 0 Å². The molecule has 5 nitrogen and oxygen atoms in total. The van der Waals surface area contributed by atoms with Gasteiger partial charge in [-0.05, 0) is 32.9 Å². The molecular formula is C12H21N5. The van der Waals surface area contributed by atoms with Crippen LogP contribution in [0.4, 0.5) is 5.95 Å². The SMILES string of the molecule is CCc1nnc(NC2CCN(C)C2)nc1CC. The van der Waals surface area contributed by atoms with Crippen molar-refractivity contribution in [2.75, 3.05) is 25.5 Å². The van der Waals surface area contributed by atoms with Crippen molar-refractivity contribution in [3.05, 3.63) is 11.4 Å². The highest BCUT2D eigenvalue weighted by molar-refractivity contribution is 5.27. The van der Waals surface area contributed by atoms with Gasteiger partial charge in [-0.2, -0.15) is 5.10 Å². The van der Waals surface area contributed by atoms with Crippen LogP contribution in [0.3, 0.4) is 0 Å². The smallest absolute Gasteiger partial charge is 0.243 e. The van der Waals surface area contributed by atoms with E-state index in [-0.39, 0.29) is 0 Å². The minimum Gasteiger partial charge on any atom is -0.349 e. The topological polar surface area (TPSA) is 53.9 Å². The maximum atomic E-state index is 4.55. The molecule has 1 atom stereocenters. The Morgan fingerprint density at radius 3 is 2.59 bits per heavy atom. The summed E-state index contributed by atoms with van der Waals surface area (Å²) >= 11 is 0. The first-order chi connectivity index (χ1) is 8.22. The van der Waals surface area contributed by atoms with Crippen LogP contribution in [-0.2, 0) is 12.8 Å². The molecule has 94 valence electrons. The predicted molar refractivity (Wildman–Crippen MR) is 68.1 cm³/mol. The van der Waals surface area contributed by atoms with Crippen molar-refractivity contribution >= 4 is 5.95 Å². The van der Waals surface area contributed by atoms with Gasteiger partial charge in [-0.1, -0.05) is 13.8 Å². The second-order valence-corrected chi connectivity index (χ2v) is 4.63. The molecule has 1 aliphatic heterocycles. The van der Waals surface area contributed by atoms with E-state index in [1.807, 2.05) is 0 Å². The lowest BCUT2D eigenvalue weighted by molar-refractivity contribution is 0.414. The number of nitrogens with zero attached hydrogens (tertiary/aromatic N) is 4. The van der Waals surface area contributed by atoms with Gasteiger partial charge in [0.15, 0.2) is 0 Å². The van der Waals surface area contributed by atoms with Gasteiger partial charge in [-0.3, -0.25) is 0 Å². The van der Waals surface area contributed by atoms with E-state index in [2.05, 4.69) is 46.3 Å². The standard InChI is InChI=1S/C12H21N5/c1-4-10-11(5-2)15-16-12(14-10)13-9-6-7-17(3)8-9/h9H,4-8H2,1-3H3,(H,13,14,16). The zero-order chi connectivity index (χ0) is 12.3. The lowest BCUT2D eigenvalue weighted by Gasteiger charge is -2.13. The van der Waals surface area contributed by atoms with Gasteiger partial charge in [-0.15, -0.1) is 5.10 Å². The summed E-state index contributed by atoms with van der Waals surface area (Å²) in [7, 11) is 2.14. The van der Waals surface area contributed by atoms with E-state index in [9.17, 15) is 0 Å². The Morgan fingerprint density at radius 2 is 2.00 bits per heavy atom. The monoisotopic (exact) mass is 235 g/mol. The van der Waals surface area contributed by atoms with Crippen molar-refractivity contribution < 1.29 is 0 Å². The van der Waals surface area contributed by atoms with Gasteiger partial charge in [0.1, 0.15) is 0 Å². The van der Waals surface area contributed by atoms with Crippen LogP contribution in [0.25, 0.3) is 0 Å². The van der Waals surface area contributed by atoms with Crippen LogP contribution in [-0.4, -0.2) is 46.3 Å². The van der Waals surface area contributed by atoms with Gasteiger partial charge < -0.3 is 10.2 Å². The molecule has 2 rings (SSSR count). The van der Waals surface area contributed by atoms with Gasteiger partial charge >= 0.3 is 0 Å². The molecule has 1 fully saturated rings. The average Bonchev–Trinajstić information content (AvgIpc) is 2.74. The van der Waals surface area contributed by atoms with Crippen molar-refractivity contribution in [1.82, 2.24) is 20.1 Å². The number of aryl methyl sites for hydroxylation is 2. The fourth-order valence-corrected chi connectivity index (χ4v) is 2.23. The van der Waals surface area contributed by atoms with E-state index in [1.165, 1.54) is 0 Å². The Morgan fingerprint density at radius 1 is 1.24 bits per heavy atom. The van der Waals surface area contributed by atoms with Crippen molar-refractivity contribution in [3.8, 4) is 0 Å². The summed E-state index contributed by atoms with van der Waals surface area (Å²) < 4.78 is 0. The summed E-state index contributed by atoms with van der Waals surface area (Å²) in [5.74, 6) is 0.680. The fourth-order valence-electron chi connectivity index (χ4n) is 2.23. The van der Waals surface area contributed by atoms with Gasteiger partial charge in [0.25, 0.3) is 0 Å².